The first-order valence-electron chi connectivity index (χ1n) is 16.4. The summed E-state index contributed by atoms with van der Waals surface area (Å²) in [6.07, 6.45) is 0. The SMILES string of the molecule is c1ccc2c(-c3c4ccccc4c(-c4ccc5oc6ccc7sc8c9ccccc9ccc8c7c6c5c4)c4ccccc34)cccc2c1. The van der Waals surface area contributed by atoms with Gasteiger partial charge in [-0.05, 0) is 89.6 Å². The quantitative estimate of drug-likeness (QED) is 0.174. The van der Waals surface area contributed by atoms with Gasteiger partial charge in [-0.2, -0.15) is 0 Å². The molecule has 0 radical (unpaired) electrons. The molecule has 11 rings (SSSR count). The zero-order chi connectivity index (χ0) is 31.3. The van der Waals surface area contributed by atoms with E-state index >= 15 is 0 Å². The molecule has 0 unspecified atom stereocenters. The Balaban J connectivity index is 1.24. The van der Waals surface area contributed by atoms with Crippen LogP contribution < -0.4 is 0 Å². The lowest BCUT2D eigenvalue weighted by Gasteiger charge is -2.18. The van der Waals surface area contributed by atoms with Crippen molar-refractivity contribution in [2.45, 2.75) is 0 Å². The van der Waals surface area contributed by atoms with Gasteiger partial charge in [-0.25, -0.2) is 0 Å². The summed E-state index contributed by atoms with van der Waals surface area (Å²) in [5.74, 6) is 0. The van der Waals surface area contributed by atoms with Crippen LogP contribution in [0.25, 0.3) is 107 Å². The lowest BCUT2D eigenvalue weighted by Crippen LogP contribution is -1.91. The molecule has 0 bridgehead atoms. The first-order chi connectivity index (χ1) is 23.8. The molecule has 0 N–H and O–H groups in total. The molecule has 0 saturated heterocycles. The Bertz CT molecular complexity index is 3060. The third-order valence-electron chi connectivity index (χ3n) is 10.2. The highest BCUT2D eigenvalue weighted by molar-refractivity contribution is 7.27. The molecule has 222 valence electrons. The normalized spacial score (nSPS) is 12.2. The predicted octanol–water partition coefficient (Wildman–Crippen LogP) is 13.9. The summed E-state index contributed by atoms with van der Waals surface area (Å²) in [4.78, 5) is 0. The fourth-order valence-corrected chi connectivity index (χ4v) is 9.44. The average molecular weight is 627 g/mol. The van der Waals surface area contributed by atoms with Crippen LogP contribution in [-0.2, 0) is 0 Å². The molecule has 0 aliphatic rings. The Labute approximate surface area is 279 Å². The van der Waals surface area contributed by atoms with E-state index in [0.29, 0.717) is 0 Å². The number of rotatable bonds is 2. The minimum Gasteiger partial charge on any atom is -0.456 e. The van der Waals surface area contributed by atoms with E-state index in [9.17, 15) is 0 Å². The van der Waals surface area contributed by atoms with Gasteiger partial charge in [-0.3, -0.25) is 0 Å². The fraction of sp³-hybridized carbons (Fsp3) is 0. The van der Waals surface area contributed by atoms with Gasteiger partial charge in [0.1, 0.15) is 11.2 Å². The number of thiophene rings is 1. The van der Waals surface area contributed by atoms with Crippen molar-refractivity contribution in [2.24, 2.45) is 0 Å². The van der Waals surface area contributed by atoms with Crippen LogP contribution in [0.1, 0.15) is 0 Å². The highest BCUT2D eigenvalue weighted by Gasteiger charge is 2.20. The molecular formula is C46H26OS. The molecule has 9 aromatic carbocycles. The first-order valence-corrected chi connectivity index (χ1v) is 17.2. The van der Waals surface area contributed by atoms with Gasteiger partial charge < -0.3 is 4.42 Å². The van der Waals surface area contributed by atoms with Gasteiger partial charge in [-0.1, -0.05) is 133 Å². The van der Waals surface area contributed by atoms with Crippen molar-refractivity contribution in [3.05, 3.63) is 158 Å². The molecule has 0 amide bonds. The van der Waals surface area contributed by atoms with E-state index in [-0.39, 0.29) is 0 Å². The first kappa shape index (κ1) is 26.1. The lowest BCUT2D eigenvalue weighted by molar-refractivity contribution is 0.669. The van der Waals surface area contributed by atoms with Crippen molar-refractivity contribution in [3.63, 3.8) is 0 Å². The van der Waals surface area contributed by atoms with Crippen LogP contribution in [0.2, 0.25) is 0 Å². The van der Waals surface area contributed by atoms with Crippen molar-refractivity contribution in [1.29, 1.82) is 0 Å². The van der Waals surface area contributed by atoms with Gasteiger partial charge in [0, 0.05) is 30.9 Å². The maximum Gasteiger partial charge on any atom is 0.136 e. The molecule has 11 aromatic rings. The van der Waals surface area contributed by atoms with E-state index in [1.807, 2.05) is 11.3 Å². The average Bonchev–Trinajstić information content (AvgIpc) is 3.72. The van der Waals surface area contributed by atoms with E-state index < -0.39 is 0 Å². The molecule has 0 atom stereocenters. The van der Waals surface area contributed by atoms with Crippen molar-refractivity contribution in [1.82, 2.24) is 0 Å². The minimum absolute atomic E-state index is 0.919. The smallest absolute Gasteiger partial charge is 0.136 e. The van der Waals surface area contributed by atoms with Gasteiger partial charge in [0.15, 0.2) is 0 Å². The summed E-state index contributed by atoms with van der Waals surface area (Å²) in [5.41, 5.74) is 6.86. The zero-order valence-electron chi connectivity index (χ0n) is 25.8. The van der Waals surface area contributed by atoms with Crippen LogP contribution >= 0.6 is 11.3 Å². The summed E-state index contributed by atoms with van der Waals surface area (Å²) in [7, 11) is 0. The molecule has 0 spiro atoms. The number of furan rings is 1. The maximum absolute atomic E-state index is 6.55. The number of benzene rings is 9. The van der Waals surface area contributed by atoms with Crippen molar-refractivity contribution in [3.8, 4) is 22.3 Å². The summed E-state index contributed by atoms with van der Waals surface area (Å²) in [5, 5.41) is 15.1. The molecule has 0 fully saturated rings. The van der Waals surface area contributed by atoms with Crippen molar-refractivity contribution in [2.75, 3.05) is 0 Å². The van der Waals surface area contributed by atoms with Crippen molar-refractivity contribution >= 4 is 96.5 Å². The van der Waals surface area contributed by atoms with Crippen LogP contribution in [0, 0.1) is 0 Å². The van der Waals surface area contributed by atoms with Crippen LogP contribution in [0.3, 0.4) is 0 Å². The molecule has 0 saturated carbocycles. The zero-order valence-corrected chi connectivity index (χ0v) is 26.6. The second kappa shape index (κ2) is 9.78. The third kappa shape index (κ3) is 3.55. The Kier molecular flexibility index (Phi) is 5.32. The molecule has 48 heavy (non-hydrogen) atoms. The monoisotopic (exact) mass is 626 g/mol. The summed E-state index contributed by atoms with van der Waals surface area (Å²) < 4.78 is 9.18. The molecule has 0 aliphatic carbocycles. The number of fused-ring (bicyclic) bond motifs is 12. The molecule has 2 heterocycles. The topological polar surface area (TPSA) is 13.1 Å². The van der Waals surface area contributed by atoms with Gasteiger partial charge in [0.2, 0.25) is 0 Å². The van der Waals surface area contributed by atoms with Gasteiger partial charge in [0.25, 0.3) is 0 Å². The summed E-state index contributed by atoms with van der Waals surface area (Å²) >= 11 is 1.88. The van der Waals surface area contributed by atoms with Gasteiger partial charge in [-0.15, -0.1) is 11.3 Å². The summed E-state index contributed by atoms with van der Waals surface area (Å²) in [6.45, 7) is 0. The van der Waals surface area contributed by atoms with Gasteiger partial charge >= 0.3 is 0 Å². The van der Waals surface area contributed by atoms with Crippen LogP contribution in [0.5, 0.6) is 0 Å². The highest BCUT2D eigenvalue weighted by atomic mass is 32.1. The molecule has 2 heteroatoms. The Hall–Kier alpha value is -5.96. The van der Waals surface area contributed by atoms with E-state index in [0.717, 1.165) is 16.6 Å². The van der Waals surface area contributed by atoms with E-state index in [4.69, 9.17) is 4.42 Å². The Morgan fingerprint density at radius 3 is 1.73 bits per heavy atom. The summed E-state index contributed by atoms with van der Waals surface area (Å²) in [6, 6.07) is 57.7. The number of hydrogen-bond acceptors (Lipinski definition) is 2. The van der Waals surface area contributed by atoms with Crippen LogP contribution in [-0.4, -0.2) is 0 Å². The Morgan fingerprint density at radius 1 is 0.375 bits per heavy atom. The van der Waals surface area contributed by atoms with Gasteiger partial charge in [0.05, 0.1) is 0 Å². The predicted molar refractivity (Wildman–Crippen MR) is 208 cm³/mol. The standard InChI is InChI=1S/C46H26OS/c1-3-13-30-27(10-1)12-9-19-32(30)43-35-17-7-5-15-33(35)42(34-16-6-8-18-36(34)43)29-21-23-39-38(26-29)44-40(47-39)24-25-41-45(44)37-22-20-28-11-2-4-14-31(28)46(37)48-41/h1-26H. The van der Waals surface area contributed by atoms with E-state index in [1.165, 1.54) is 90.9 Å². The molecule has 0 aliphatic heterocycles. The maximum atomic E-state index is 6.55. The van der Waals surface area contributed by atoms with Crippen molar-refractivity contribution < 1.29 is 4.42 Å². The molecule has 1 nitrogen and oxygen atoms in total. The van der Waals surface area contributed by atoms with E-state index in [2.05, 4.69) is 158 Å². The second-order valence-electron chi connectivity index (χ2n) is 12.8. The number of hydrogen-bond donors (Lipinski definition) is 0. The third-order valence-corrected chi connectivity index (χ3v) is 11.4. The molecular weight excluding hydrogens is 601 g/mol. The van der Waals surface area contributed by atoms with Crippen LogP contribution in [0.4, 0.5) is 0 Å². The highest BCUT2D eigenvalue weighted by Crippen LogP contribution is 2.48. The van der Waals surface area contributed by atoms with E-state index in [1.54, 1.807) is 0 Å². The van der Waals surface area contributed by atoms with Crippen LogP contribution in [0.15, 0.2) is 162 Å². The molecule has 2 aromatic heterocycles. The lowest BCUT2D eigenvalue weighted by atomic mass is 9.84. The second-order valence-corrected chi connectivity index (χ2v) is 13.8. The largest absolute Gasteiger partial charge is 0.456 e. The minimum atomic E-state index is 0.919. The Morgan fingerprint density at radius 2 is 0.979 bits per heavy atom. The fourth-order valence-electron chi connectivity index (χ4n) is 8.19.